The van der Waals surface area contributed by atoms with Crippen LogP contribution in [0, 0.1) is 5.92 Å². The van der Waals surface area contributed by atoms with E-state index in [-0.39, 0.29) is 5.75 Å². The SMILES string of the molecule is CCCOC(=O)C(C)CS(=O)[O-]. The molecule has 0 fully saturated rings. The molecule has 0 bridgehead atoms. The highest BCUT2D eigenvalue weighted by Crippen LogP contribution is 2.00. The van der Waals surface area contributed by atoms with E-state index < -0.39 is 23.0 Å². The van der Waals surface area contributed by atoms with E-state index in [1.807, 2.05) is 6.92 Å². The summed E-state index contributed by atoms with van der Waals surface area (Å²) in [5, 5.41) is 0. The number of carbonyl (C=O) groups is 1. The minimum Gasteiger partial charge on any atom is -0.772 e. The van der Waals surface area contributed by atoms with E-state index in [2.05, 4.69) is 0 Å². The normalized spacial score (nSPS) is 15.2. The first-order valence-electron chi connectivity index (χ1n) is 3.80. The Morgan fingerprint density at radius 3 is 2.67 bits per heavy atom. The molecule has 0 saturated heterocycles. The number of esters is 1. The second kappa shape index (κ2) is 6.14. The van der Waals surface area contributed by atoms with Crippen molar-refractivity contribution < 1.29 is 18.3 Å². The molecule has 0 spiro atoms. The van der Waals surface area contributed by atoms with Crippen LogP contribution in [0.5, 0.6) is 0 Å². The first-order chi connectivity index (χ1) is 5.57. The fraction of sp³-hybridized carbons (Fsp3) is 0.857. The maximum atomic E-state index is 10.9. The fourth-order valence-electron chi connectivity index (χ4n) is 0.617. The Balaban J connectivity index is 3.69. The summed E-state index contributed by atoms with van der Waals surface area (Å²) < 4.78 is 25.1. The average molecular weight is 193 g/mol. The van der Waals surface area contributed by atoms with Gasteiger partial charge >= 0.3 is 5.97 Å². The Kier molecular flexibility index (Phi) is 5.92. The maximum absolute atomic E-state index is 10.9. The Morgan fingerprint density at radius 2 is 2.25 bits per heavy atom. The van der Waals surface area contributed by atoms with Gasteiger partial charge in [0.25, 0.3) is 0 Å². The zero-order chi connectivity index (χ0) is 9.56. The van der Waals surface area contributed by atoms with Crippen molar-refractivity contribution >= 4 is 17.0 Å². The van der Waals surface area contributed by atoms with E-state index >= 15 is 0 Å². The molecule has 0 rings (SSSR count). The van der Waals surface area contributed by atoms with Gasteiger partial charge in [0, 0.05) is 5.75 Å². The number of hydrogen-bond acceptors (Lipinski definition) is 4. The summed E-state index contributed by atoms with van der Waals surface area (Å²) in [7, 11) is 0. The summed E-state index contributed by atoms with van der Waals surface area (Å²) in [5.41, 5.74) is 0. The van der Waals surface area contributed by atoms with E-state index in [1.165, 1.54) is 6.92 Å². The Hall–Kier alpha value is -0.420. The lowest BCUT2D eigenvalue weighted by molar-refractivity contribution is -0.147. The molecular formula is C7H13O4S-. The van der Waals surface area contributed by atoms with Gasteiger partial charge in [-0.25, -0.2) is 0 Å². The smallest absolute Gasteiger partial charge is 0.309 e. The topological polar surface area (TPSA) is 66.4 Å². The monoisotopic (exact) mass is 193 g/mol. The van der Waals surface area contributed by atoms with Crippen LogP contribution >= 0.6 is 0 Å². The zero-order valence-electron chi connectivity index (χ0n) is 7.24. The Morgan fingerprint density at radius 1 is 1.67 bits per heavy atom. The average Bonchev–Trinajstić information content (AvgIpc) is 1.98. The largest absolute Gasteiger partial charge is 0.772 e. The van der Waals surface area contributed by atoms with Crippen molar-refractivity contribution in [3.05, 3.63) is 0 Å². The molecule has 12 heavy (non-hydrogen) atoms. The summed E-state index contributed by atoms with van der Waals surface area (Å²) in [6.07, 6.45) is 0.749. The first-order valence-corrected chi connectivity index (χ1v) is 5.04. The molecule has 0 aliphatic rings. The van der Waals surface area contributed by atoms with Gasteiger partial charge in [-0.05, 0) is 6.42 Å². The van der Waals surface area contributed by atoms with Crippen LogP contribution in [0.3, 0.4) is 0 Å². The summed E-state index contributed by atoms with van der Waals surface area (Å²) in [6, 6.07) is 0. The number of ether oxygens (including phenoxy) is 1. The van der Waals surface area contributed by atoms with Crippen molar-refractivity contribution in [2.45, 2.75) is 20.3 Å². The molecule has 0 aromatic rings. The van der Waals surface area contributed by atoms with Gasteiger partial charge in [-0.15, -0.1) is 0 Å². The molecule has 0 aliphatic carbocycles. The summed E-state index contributed by atoms with van der Waals surface area (Å²) in [5.74, 6) is -1.17. The third kappa shape index (κ3) is 5.26. The van der Waals surface area contributed by atoms with Crippen molar-refractivity contribution in [1.29, 1.82) is 0 Å². The minimum atomic E-state index is -2.17. The molecule has 5 heteroatoms. The van der Waals surface area contributed by atoms with E-state index in [1.54, 1.807) is 0 Å². The number of hydrogen-bond donors (Lipinski definition) is 0. The van der Waals surface area contributed by atoms with Crippen molar-refractivity contribution in [3.8, 4) is 0 Å². The third-order valence-electron chi connectivity index (χ3n) is 1.24. The highest BCUT2D eigenvalue weighted by molar-refractivity contribution is 7.79. The molecule has 72 valence electrons. The van der Waals surface area contributed by atoms with Crippen LogP contribution in [0.15, 0.2) is 0 Å². The van der Waals surface area contributed by atoms with E-state index in [0.29, 0.717) is 6.61 Å². The maximum Gasteiger partial charge on any atom is 0.309 e. The summed E-state index contributed by atoms with van der Waals surface area (Å²) in [6.45, 7) is 3.77. The molecule has 0 heterocycles. The zero-order valence-corrected chi connectivity index (χ0v) is 8.06. The van der Waals surface area contributed by atoms with Gasteiger partial charge in [-0.3, -0.25) is 9.00 Å². The lowest BCUT2D eigenvalue weighted by Gasteiger charge is -2.11. The molecule has 2 unspecified atom stereocenters. The molecule has 2 atom stereocenters. The first kappa shape index (κ1) is 11.6. The highest BCUT2D eigenvalue weighted by Gasteiger charge is 2.13. The molecule has 0 N–H and O–H groups in total. The van der Waals surface area contributed by atoms with Crippen LogP contribution in [0.1, 0.15) is 20.3 Å². The summed E-state index contributed by atoms with van der Waals surface area (Å²) in [4.78, 5) is 10.9. The fourth-order valence-corrected chi connectivity index (χ4v) is 1.16. The molecule has 0 saturated carbocycles. The van der Waals surface area contributed by atoms with Crippen LogP contribution in [0.2, 0.25) is 0 Å². The molecular weight excluding hydrogens is 180 g/mol. The van der Waals surface area contributed by atoms with Crippen LogP contribution in [0.25, 0.3) is 0 Å². The standard InChI is InChI=1S/C7H14O4S/c1-3-4-11-7(8)6(2)5-12(9)10/h6H,3-5H2,1-2H3,(H,9,10)/p-1. The number of rotatable bonds is 5. The summed E-state index contributed by atoms with van der Waals surface area (Å²) >= 11 is -2.17. The highest BCUT2D eigenvalue weighted by atomic mass is 32.2. The van der Waals surface area contributed by atoms with Gasteiger partial charge in [-0.1, -0.05) is 24.9 Å². The van der Waals surface area contributed by atoms with Gasteiger partial charge in [0.15, 0.2) is 0 Å². The van der Waals surface area contributed by atoms with Crippen molar-refractivity contribution in [2.75, 3.05) is 12.4 Å². The van der Waals surface area contributed by atoms with Crippen LogP contribution < -0.4 is 0 Å². The van der Waals surface area contributed by atoms with Crippen molar-refractivity contribution in [3.63, 3.8) is 0 Å². The van der Waals surface area contributed by atoms with E-state index in [4.69, 9.17) is 4.74 Å². The molecule has 0 aromatic carbocycles. The lowest BCUT2D eigenvalue weighted by atomic mass is 10.2. The van der Waals surface area contributed by atoms with Crippen LogP contribution in [0.4, 0.5) is 0 Å². The molecule has 0 amide bonds. The van der Waals surface area contributed by atoms with Crippen LogP contribution in [-0.4, -0.2) is 27.1 Å². The van der Waals surface area contributed by atoms with Crippen molar-refractivity contribution in [1.82, 2.24) is 0 Å². The van der Waals surface area contributed by atoms with Gasteiger partial charge in [-0.2, -0.15) is 0 Å². The molecule has 0 aliphatic heterocycles. The second-order valence-electron chi connectivity index (χ2n) is 2.54. The van der Waals surface area contributed by atoms with E-state index in [0.717, 1.165) is 6.42 Å². The van der Waals surface area contributed by atoms with Gasteiger partial charge < -0.3 is 9.29 Å². The van der Waals surface area contributed by atoms with Crippen molar-refractivity contribution in [2.24, 2.45) is 5.92 Å². The third-order valence-corrected chi connectivity index (χ3v) is 2.01. The van der Waals surface area contributed by atoms with Gasteiger partial charge in [0.2, 0.25) is 0 Å². The molecule has 0 aromatic heterocycles. The predicted molar refractivity (Wildman–Crippen MR) is 44.2 cm³/mol. The lowest BCUT2D eigenvalue weighted by Crippen LogP contribution is -2.20. The molecule has 0 radical (unpaired) electrons. The van der Waals surface area contributed by atoms with Crippen LogP contribution in [-0.2, 0) is 20.6 Å². The second-order valence-corrected chi connectivity index (χ2v) is 3.48. The van der Waals surface area contributed by atoms with Gasteiger partial charge in [0.05, 0.1) is 12.5 Å². The Bertz CT molecular complexity index is 169. The predicted octanol–water partition coefficient (Wildman–Crippen LogP) is 0.455. The number of carbonyl (C=O) groups excluding carboxylic acids is 1. The minimum absolute atomic E-state index is 0.164. The van der Waals surface area contributed by atoms with Gasteiger partial charge in [0.1, 0.15) is 0 Å². The Labute approximate surface area is 74.6 Å². The quantitative estimate of drug-likeness (QED) is 0.470. The van der Waals surface area contributed by atoms with E-state index in [9.17, 15) is 13.6 Å². The molecule has 4 nitrogen and oxygen atoms in total.